The van der Waals surface area contributed by atoms with E-state index in [9.17, 15) is 4.79 Å². The lowest BCUT2D eigenvalue weighted by Gasteiger charge is -2.41. The highest BCUT2D eigenvalue weighted by Crippen LogP contribution is 2.33. The number of fused-ring (bicyclic) bond motifs is 3. The summed E-state index contributed by atoms with van der Waals surface area (Å²) in [6, 6.07) is 9.46. The molecule has 0 aliphatic carbocycles. The lowest BCUT2D eigenvalue weighted by molar-refractivity contribution is 0.188. The summed E-state index contributed by atoms with van der Waals surface area (Å²) in [6.07, 6.45) is 5.92. The van der Waals surface area contributed by atoms with Crippen LogP contribution < -0.4 is 10.9 Å². The fourth-order valence-corrected chi connectivity index (χ4v) is 4.08. The number of nitrogens with one attached hydrogen (secondary N) is 1. The Bertz CT molecular complexity index is 724. The van der Waals surface area contributed by atoms with Crippen molar-refractivity contribution in [1.82, 2.24) is 14.9 Å². The van der Waals surface area contributed by atoms with Crippen molar-refractivity contribution in [1.29, 1.82) is 0 Å². The molecule has 1 aromatic heterocycles. The van der Waals surface area contributed by atoms with Gasteiger partial charge >= 0.3 is 0 Å². The molecule has 4 rings (SSSR count). The normalized spacial score (nSPS) is 28.7. The first-order valence-electron chi connectivity index (χ1n) is 7.96. The van der Waals surface area contributed by atoms with Crippen LogP contribution in [0.3, 0.4) is 0 Å². The molecule has 2 bridgehead atoms. The highest BCUT2D eigenvalue weighted by Gasteiger charge is 2.33. The Morgan fingerprint density at radius 2 is 1.90 bits per heavy atom. The van der Waals surface area contributed by atoms with Crippen LogP contribution in [0.25, 0.3) is 11.0 Å². The summed E-state index contributed by atoms with van der Waals surface area (Å²) in [4.78, 5) is 17.1. The molecule has 2 aromatic rings. The fourth-order valence-electron chi connectivity index (χ4n) is 4.08. The Morgan fingerprint density at radius 3 is 2.67 bits per heavy atom. The molecule has 21 heavy (non-hydrogen) atoms. The van der Waals surface area contributed by atoms with Crippen molar-refractivity contribution in [3.63, 3.8) is 0 Å². The molecular weight excluding hydrogens is 262 g/mol. The standard InChI is InChI=1S/C17H21N3O/c1-11-17(21)20(16-8-3-2-7-15(16)18-11)14-9-12-5-4-6-13(10-14)19-12/h2-3,7-8,12-14,19H,4-6,9-10H2,1H3. The van der Waals surface area contributed by atoms with Gasteiger partial charge in [0.25, 0.3) is 5.56 Å². The van der Waals surface area contributed by atoms with E-state index in [1.165, 1.54) is 19.3 Å². The predicted molar refractivity (Wildman–Crippen MR) is 83.6 cm³/mol. The lowest BCUT2D eigenvalue weighted by Crippen LogP contribution is -2.50. The molecule has 4 heteroatoms. The molecule has 3 heterocycles. The van der Waals surface area contributed by atoms with Gasteiger partial charge in [0, 0.05) is 18.1 Å². The monoisotopic (exact) mass is 283 g/mol. The van der Waals surface area contributed by atoms with Crippen LogP contribution in [0, 0.1) is 6.92 Å². The van der Waals surface area contributed by atoms with Gasteiger partial charge in [0.05, 0.1) is 11.0 Å². The molecule has 0 spiro atoms. The van der Waals surface area contributed by atoms with Gasteiger partial charge in [0.1, 0.15) is 5.69 Å². The Balaban J connectivity index is 1.86. The zero-order valence-electron chi connectivity index (χ0n) is 12.4. The molecule has 2 saturated heterocycles. The molecule has 110 valence electrons. The maximum Gasteiger partial charge on any atom is 0.272 e. The number of benzene rings is 1. The van der Waals surface area contributed by atoms with E-state index in [2.05, 4.69) is 10.3 Å². The molecular formula is C17H21N3O. The van der Waals surface area contributed by atoms with Crippen molar-refractivity contribution in [2.75, 3.05) is 0 Å². The topological polar surface area (TPSA) is 46.9 Å². The van der Waals surface area contributed by atoms with E-state index in [-0.39, 0.29) is 5.56 Å². The van der Waals surface area contributed by atoms with Gasteiger partial charge in [-0.05, 0) is 44.7 Å². The first-order valence-corrected chi connectivity index (χ1v) is 7.96. The van der Waals surface area contributed by atoms with Gasteiger partial charge in [0.2, 0.25) is 0 Å². The average molecular weight is 283 g/mol. The number of hydrogen-bond donors (Lipinski definition) is 1. The van der Waals surface area contributed by atoms with Crippen LogP contribution in [-0.2, 0) is 0 Å². The van der Waals surface area contributed by atoms with Gasteiger partial charge in [-0.25, -0.2) is 4.98 Å². The summed E-state index contributed by atoms with van der Waals surface area (Å²) >= 11 is 0. The quantitative estimate of drug-likeness (QED) is 0.875. The molecule has 0 saturated carbocycles. The van der Waals surface area contributed by atoms with Gasteiger partial charge in [-0.3, -0.25) is 4.79 Å². The van der Waals surface area contributed by atoms with Crippen molar-refractivity contribution >= 4 is 11.0 Å². The SMILES string of the molecule is Cc1nc2ccccc2n(C2CC3CCCC(C2)N3)c1=O. The zero-order valence-corrected chi connectivity index (χ0v) is 12.4. The maximum absolute atomic E-state index is 12.7. The summed E-state index contributed by atoms with van der Waals surface area (Å²) in [5.41, 5.74) is 2.60. The Labute approximate surface area is 124 Å². The second-order valence-corrected chi connectivity index (χ2v) is 6.48. The second kappa shape index (κ2) is 4.95. The minimum absolute atomic E-state index is 0.0821. The molecule has 2 aliphatic rings. The smallest absolute Gasteiger partial charge is 0.272 e. The molecule has 1 N–H and O–H groups in total. The first-order chi connectivity index (χ1) is 10.2. The average Bonchev–Trinajstić information content (AvgIpc) is 2.48. The van der Waals surface area contributed by atoms with E-state index >= 15 is 0 Å². The summed E-state index contributed by atoms with van der Waals surface area (Å²) in [6.45, 7) is 1.83. The molecule has 1 aromatic carbocycles. The van der Waals surface area contributed by atoms with Gasteiger partial charge < -0.3 is 9.88 Å². The number of aromatic nitrogens is 2. The summed E-state index contributed by atoms with van der Waals surface area (Å²) < 4.78 is 2.02. The number of piperidine rings is 2. The molecule has 0 amide bonds. The highest BCUT2D eigenvalue weighted by atomic mass is 16.1. The van der Waals surface area contributed by atoms with Crippen LogP contribution >= 0.6 is 0 Å². The predicted octanol–water partition coefficient (Wildman–Crippen LogP) is 2.55. The zero-order chi connectivity index (χ0) is 14.4. The van der Waals surface area contributed by atoms with Crippen LogP contribution in [0.2, 0.25) is 0 Å². The van der Waals surface area contributed by atoms with Crippen LogP contribution in [0.15, 0.2) is 29.1 Å². The summed E-state index contributed by atoms with van der Waals surface area (Å²) in [5.74, 6) is 0. The van der Waals surface area contributed by atoms with E-state index in [0.29, 0.717) is 23.8 Å². The fraction of sp³-hybridized carbons (Fsp3) is 0.529. The van der Waals surface area contributed by atoms with E-state index in [1.807, 2.05) is 35.8 Å². The van der Waals surface area contributed by atoms with Crippen molar-refractivity contribution in [2.45, 2.75) is 57.2 Å². The van der Waals surface area contributed by atoms with Crippen molar-refractivity contribution < 1.29 is 0 Å². The van der Waals surface area contributed by atoms with Gasteiger partial charge in [-0.15, -0.1) is 0 Å². The molecule has 2 aliphatic heterocycles. The van der Waals surface area contributed by atoms with E-state index < -0.39 is 0 Å². The maximum atomic E-state index is 12.7. The minimum Gasteiger partial charge on any atom is -0.311 e. The Morgan fingerprint density at radius 1 is 1.19 bits per heavy atom. The molecule has 2 unspecified atom stereocenters. The third-order valence-electron chi connectivity index (χ3n) is 5.01. The highest BCUT2D eigenvalue weighted by molar-refractivity contribution is 5.74. The van der Waals surface area contributed by atoms with Gasteiger partial charge in [-0.2, -0.15) is 0 Å². The Kier molecular flexibility index (Phi) is 3.07. The number of aryl methyl sites for hydroxylation is 1. The molecule has 4 nitrogen and oxygen atoms in total. The Hall–Kier alpha value is -1.68. The van der Waals surface area contributed by atoms with Crippen molar-refractivity contribution in [2.24, 2.45) is 0 Å². The number of para-hydroxylation sites is 2. The van der Waals surface area contributed by atoms with Crippen LogP contribution in [0.4, 0.5) is 0 Å². The second-order valence-electron chi connectivity index (χ2n) is 6.48. The molecule has 0 radical (unpaired) electrons. The number of hydrogen-bond acceptors (Lipinski definition) is 3. The first kappa shape index (κ1) is 13.0. The molecule has 2 fully saturated rings. The summed E-state index contributed by atoms with van der Waals surface area (Å²) in [7, 11) is 0. The molecule has 2 atom stereocenters. The van der Waals surface area contributed by atoms with Crippen molar-refractivity contribution in [3.8, 4) is 0 Å². The summed E-state index contributed by atoms with van der Waals surface area (Å²) in [5, 5.41) is 3.70. The lowest BCUT2D eigenvalue weighted by atomic mass is 9.84. The largest absolute Gasteiger partial charge is 0.311 e. The third kappa shape index (κ3) is 2.18. The van der Waals surface area contributed by atoms with Crippen LogP contribution in [0.5, 0.6) is 0 Å². The van der Waals surface area contributed by atoms with Crippen LogP contribution in [-0.4, -0.2) is 21.6 Å². The van der Waals surface area contributed by atoms with Gasteiger partial charge in [-0.1, -0.05) is 18.6 Å². The number of rotatable bonds is 1. The van der Waals surface area contributed by atoms with Crippen LogP contribution in [0.1, 0.15) is 43.8 Å². The van der Waals surface area contributed by atoms with E-state index in [1.54, 1.807) is 0 Å². The third-order valence-corrected chi connectivity index (χ3v) is 5.01. The van der Waals surface area contributed by atoms with Gasteiger partial charge in [0.15, 0.2) is 0 Å². The minimum atomic E-state index is 0.0821. The number of nitrogens with zero attached hydrogens (tertiary/aromatic N) is 2. The van der Waals surface area contributed by atoms with Crippen molar-refractivity contribution in [3.05, 3.63) is 40.3 Å². The van der Waals surface area contributed by atoms with E-state index in [0.717, 1.165) is 23.9 Å². The van der Waals surface area contributed by atoms with E-state index in [4.69, 9.17) is 0 Å².